The van der Waals surface area contributed by atoms with Crippen molar-refractivity contribution in [2.45, 2.75) is 26.7 Å². The molecule has 116 valence electrons. The maximum Gasteiger partial charge on any atom is 0.132 e. The smallest absolute Gasteiger partial charge is 0.132 e. The molecule has 0 amide bonds. The largest absolute Gasteiger partial charge is 0.384 e. The fourth-order valence-corrected chi connectivity index (χ4v) is 3.61. The Bertz CT molecular complexity index is 508. The molecule has 0 radical (unpaired) electrons. The molecule has 2 atom stereocenters. The number of aromatic nitrogens is 2. The highest BCUT2D eigenvalue weighted by Crippen LogP contribution is 2.42. The second kappa shape index (κ2) is 5.89. The van der Waals surface area contributed by atoms with E-state index >= 15 is 0 Å². The van der Waals surface area contributed by atoms with E-state index in [2.05, 4.69) is 29.8 Å². The van der Waals surface area contributed by atoms with Crippen LogP contribution in [0.4, 0.5) is 5.82 Å². The number of hydrogen-bond donors (Lipinski definition) is 0. The average molecular weight is 291 g/mol. The van der Waals surface area contributed by atoms with Gasteiger partial charge in [0.25, 0.3) is 0 Å². The summed E-state index contributed by atoms with van der Waals surface area (Å²) in [5.41, 5.74) is 1.19. The molecule has 0 saturated carbocycles. The van der Waals surface area contributed by atoms with E-state index < -0.39 is 0 Å². The summed E-state index contributed by atoms with van der Waals surface area (Å²) < 4.78 is 11.2. The summed E-state index contributed by atoms with van der Waals surface area (Å²) in [6.07, 6.45) is 2.02. The molecule has 3 rings (SSSR count). The Labute approximate surface area is 126 Å². The second-order valence-electron chi connectivity index (χ2n) is 6.42. The molecule has 3 heterocycles. The maximum atomic E-state index is 5.70. The second-order valence-corrected chi connectivity index (χ2v) is 6.42. The third-order valence-electron chi connectivity index (χ3n) is 4.64. The Hall–Kier alpha value is -1.20. The summed E-state index contributed by atoms with van der Waals surface area (Å²) in [6.45, 7) is 8.59. The summed E-state index contributed by atoms with van der Waals surface area (Å²) >= 11 is 0. The summed E-state index contributed by atoms with van der Waals surface area (Å²) in [5.74, 6) is 2.57. The standard InChI is InChI=1S/C16H25N3O2/c1-4-5-14-17-12(2)6-15(18-14)19-7-13-8-21-11-16(13,9-19)10-20-3/h6,13H,4-5,7-11H2,1-3H3/t13-,16-/m0/s1. The molecule has 21 heavy (non-hydrogen) atoms. The van der Waals surface area contributed by atoms with Crippen molar-refractivity contribution < 1.29 is 9.47 Å². The first-order valence-electron chi connectivity index (χ1n) is 7.83. The molecule has 2 fully saturated rings. The predicted octanol–water partition coefficient (Wildman–Crippen LogP) is 1.84. The van der Waals surface area contributed by atoms with Crippen LogP contribution in [0.5, 0.6) is 0 Å². The van der Waals surface area contributed by atoms with Crippen LogP contribution in [0.15, 0.2) is 6.07 Å². The summed E-state index contributed by atoms with van der Waals surface area (Å²) in [7, 11) is 1.78. The fourth-order valence-electron chi connectivity index (χ4n) is 3.61. The van der Waals surface area contributed by atoms with Crippen molar-refractivity contribution >= 4 is 5.82 Å². The molecule has 0 spiro atoms. The maximum absolute atomic E-state index is 5.70. The number of nitrogens with zero attached hydrogens (tertiary/aromatic N) is 3. The van der Waals surface area contributed by atoms with Gasteiger partial charge in [0.15, 0.2) is 0 Å². The molecule has 0 N–H and O–H groups in total. The molecule has 0 aliphatic carbocycles. The molecule has 2 aliphatic heterocycles. The van der Waals surface area contributed by atoms with Gasteiger partial charge < -0.3 is 14.4 Å². The quantitative estimate of drug-likeness (QED) is 0.828. The van der Waals surface area contributed by atoms with Gasteiger partial charge in [-0.05, 0) is 13.3 Å². The first-order chi connectivity index (χ1) is 10.2. The zero-order chi connectivity index (χ0) is 14.9. The number of ether oxygens (including phenoxy) is 2. The van der Waals surface area contributed by atoms with Gasteiger partial charge in [-0.25, -0.2) is 9.97 Å². The van der Waals surface area contributed by atoms with E-state index in [1.165, 1.54) is 0 Å². The van der Waals surface area contributed by atoms with E-state index in [9.17, 15) is 0 Å². The Morgan fingerprint density at radius 3 is 3.10 bits per heavy atom. The van der Waals surface area contributed by atoms with Crippen molar-refractivity contribution in [3.8, 4) is 0 Å². The molecule has 1 aromatic rings. The van der Waals surface area contributed by atoms with Gasteiger partial charge >= 0.3 is 0 Å². The number of fused-ring (bicyclic) bond motifs is 1. The van der Waals surface area contributed by atoms with Crippen LogP contribution in [-0.4, -0.2) is 50.0 Å². The molecule has 2 saturated heterocycles. The number of aryl methyl sites for hydroxylation is 2. The van der Waals surface area contributed by atoms with Gasteiger partial charge in [-0.15, -0.1) is 0 Å². The van der Waals surface area contributed by atoms with Crippen LogP contribution in [0.25, 0.3) is 0 Å². The zero-order valence-electron chi connectivity index (χ0n) is 13.3. The minimum atomic E-state index is 0.137. The first-order valence-corrected chi connectivity index (χ1v) is 7.83. The predicted molar refractivity (Wildman–Crippen MR) is 81.6 cm³/mol. The van der Waals surface area contributed by atoms with Crippen molar-refractivity contribution in [1.29, 1.82) is 0 Å². The summed E-state index contributed by atoms with van der Waals surface area (Å²) in [4.78, 5) is 11.7. The van der Waals surface area contributed by atoms with Gasteiger partial charge in [-0.2, -0.15) is 0 Å². The Morgan fingerprint density at radius 2 is 2.33 bits per heavy atom. The van der Waals surface area contributed by atoms with E-state index in [1.54, 1.807) is 7.11 Å². The lowest BCUT2D eigenvalue weighted by Crippen LogP contribution is -2.35. The minimum Gasteiger partial charge on any atom is -0.384 e. The summed E-state index contributed by atoms with van der Waals surface area (Å²) in [6, 6.07) is 2.10. The normalized spacial score (nSPS) is 28.1. The van der Waals surface area contributed by atoms with E-state index in [1.807, 2.05) is 0 Å². The van der Waals surface area contributed by atoms with Crippen LogP contribution in [0.3, 0.4) is 0 Å². The Kier molecular flexibility index (Phi) is 4.13. The highest BCUT2D eigenvalue weighted by atomic mass is 16.5. The number of rotatable bonds is 5. The Morgan fingerprint density at radius 1 is 1.48 bits per heavy atom. The average Bonchev–Trinajstić information content (AvgIpc) is 2.95. The van der Waals surface area contributed by atoms with Gasteiger partial charge in [-0.1, -0.05) is 6.92 Å². The van der Waals surface area contributed by atoms with Crippen molar-refractivity contribution in [2.75, 3.05) is 44.9 Å². The molecular formula is C16H25N3O2. The van der Waals surface area contributed by atoms with Gasteiger partial charge in [0.2, 0.25) is 0 Å². The lowest BCUT2D eigenvalue weighted by molar-refractivity contribution is 0.0660. The number of methoxy groups -OCH3 is 1. The monoisotopic (exact) mass is 291 g/mol. The molecule has 5 nitrogen and oxygen atoms in total. The van der Waals surface area contributed by atoms with Gasteiger partial charge in [0.1, 0.15) is 11.6 Å². The molecule has 0 aromatic carbocycles. The number of hydrogen-bond acceptors (Lipinski definition) is 5. The van der Waals surface area contributed by atoms with Gasteiger partial charge in [0, 0.05) is 49.7 Å². The third-order valence-corrected chi connectivity index (χ3v) is 4.64. The first kappa shape index (κ1) is 14.7. The van der Waals surface area contributed by atoms with Crippen LogP contribution < -0.4 is 4.90 Å². The number of anilines is 1. The molecule has 0 unspecified atom stereocenters. The van der Waals surface area contributed by atoms with Crippen molar-refractivity contribution in [3.63, 3.8) is 0 Å². The van der Waals surface area contributed by atoms with E-state index in [0.29, 0.717) is 5.92 Å². The van der Waals surface area contributed by atoms with Crippen molar-refractivity contribution in [2.24, 2.45) is 11.3 Å². The Balaban J connectivity index is 1.82. The van der Waals surface area contributed by atoms with E-state index in [0.717, 1.165) is 63.1 Å². The van der Waals surface area contributed by atoms with Gasteiger partial charge in [0.05, 0.1) is 19.8 Å². The SMILES string of the molecule is CCCc1nc(C)cc(N2C[C@H]3COC[C@@]3(COC)C2)n1. The van der Waals surface area contributed by atoms with E-state index in [4.69, 9.17) is 14.5 Å². The van der Waals surface area contributed by atoms with Crippen molar-refractivity contribution in [3.05, 3.63) is 17.6 Å². The van der Waals surface area contributed by atoms with Crippen LogP contribution in [-0.2, 0) is 15.9 Å². The molecular weight excluding hydrogens is 266 g/mol. The minimum absolute atomic E-state index is 0.137. The molecule has 1 aromatic heterocycles. The third kappa shape index (κ3) is 2.77. The van der Waals surface area contributed by atoms with Crippen LogP contribution in [0.2, 0.25) is 0 Å². The molecule has 0 bridgehead atoms. The summed E-state index contributed by atoms with van der Waals surface area (Å²) in [5, 5.41) is 0. The van der Waals surface area contributed by atoms with Crippen LogP contribution in [0.1, 0.15) is 24.9 Å². The topological polar surface area (TPSA) is 47.5 Å². The molecule has 5 heteroatoms. The van der Waals surface area contributed by atoms with Crippen molar-refractivity contribution in [1.82, 2.24) is 9.97 Å². The zero-order valence-corrected chi connectivity index (χ0v) is 13.3. The van der Waals surface area contributed by atoms with E-state index in [-0.39, 0.29) is 5.41 Å². The highest BCUT2D eigenvalue weighted by Gasteiger charge is 2.51. The highest BCUT2D eigenvalue weighted by molar-refractivity contribution is 5.42. The lowest BCUT2D eigenvalue weighted by atomic mass is 9.82. The lowest BCUT2D eigenvalue weighted by Gasteiger charge is -2.26. The fraction of sp³-hybridized carbons (Fsp3) is 0.750. The molecule has 2 aliphatic rings. The van der Waals surface area contributed by atoms with Gasteiger partial charge in [-0.3, -0.25) is 0 Å². The van der Waals surface area contributed by atoms with Crippen LogP contribution >= 0.6 is 0 Å². The van der Waals surface area contributed by atoms with Crippen LogP contribution in [0, 0.1) is 18.3 Å².